The van der Waals surface area contributed by atoms with Gasteiger partial charge in [-0.05, 0) is 17.7 Å². The van der Waals surface area contributed by atoms with E-state index in [2.05, 4.69) is 9.72 Å². The standard InChI is InChI=1S/C11H9FN2O2S/c1-16-10(15)8-9(17-11(13)14-8)6-2-4-7(12)5-3-6/h2-5H,1H3,(H2,13,14). The third-order valence-electron chi connectivity index (χ3n) is 2.13. The van der Waals surface area contributed by atoms with Crippen LogP contribution in [0.25, 0.3) is 10.4 Å². The average Bonchev–Trinajstić information content (AvgIpc) is 2.71. The van der Waals surface area contributed by atoms with E-state index in [0.29, 0.717) is 10.4 Å². The van der Waals surface area contributed by atoms with Crippen LogP contribution in [0.15, 0.2) is 24.3 Å². The monoisotopic (exact) mass is 252 g/mol. The highest BCUT2D eigenvalue weighted by Gasteiger charge is 2.19. The molecule has 2 rings (SSSR count). The fraction of sp³-hybridized carbons (Fsp3) is 0.0909. The summed E-state index contributed by atoms with van der Waals surface area (Å²) in [5, 5.41) is 0.268. The quantitative estimate of drug-likeness (QED) is 0.833. The Morgan fingerprint density at radius 2 is 2.06 bits per heavy atom. The summed E-state index contributed by atoms with van der Waals surface area (Å²) < 4.78 is 17.4. The molecule has 0 unspecified atom stereocenters. The van der Waals surface area contributed by atoms with Gasteiger partial charge in [0.15, 0.2) is 10.8 Å². The second-order valence-corrected chi connectivity index (χ2v) is 4.26. The lowest BCUT2D eigenvalue weighted by atomic mass is 10.1. The molecule has 6 heteroatoms. The first-order chi connectivity index (χ1) is 8.11. The normalized spacial score (nSPS) is 10.2. The molecule has 1 aromatic heterocycles. The van der Waals surface area contributed by atoms with Gasteiger partial charge in [-0.2, -0.15) is 0 Å². The third kappa shape index (κ3) is 2.26. The molecule has 0 saturated carbocycles. The number of ether oxygens (including phenoxy) is 1. The molecule has 2 aromatic rings. The van der Waals surface area contributed by atoms with Gasteiger partial charge in [-0.3, -0.25) is 0 Å². The summed E-state index contributed by atoms with van der Waals surface area (Å²) in [6.45, 7) is 0. The Labute approximate surface area is 101 Å². The Balaban J connectivity index is 2.51. The largest absolute Gasteiger partial charge is 0.464 e. The van der Waals surface area contributed by atoms with E-state index in [9.17, 15) is 9.18 Å². The van der Waals surface area contributed by atoms with Gasteiger partial charge in [0.25, 0.3) is 0 Å². The summed E-state index contributed by atoms with van der Waals surface area (Å²) in [5.74, 6) is -0.900. The molecule has 88 valence electrons. The number of thiazole rings is 1. The van der Waals surface area contributed by atoms with Gasteiger partial charge in [0.2, 0.25) is 0 Å². The summed E-state index contributed by atoms with van der Waals surface area (Å²) in [5.41, 5.74) is 6.40. The molecule has 0 amide bonds. The molecule has 0 atom stereocenters. The summed E-state index contributed by atoms with van der Waals surface area (Å²) >= 11 is 1.16. The first kappa shape index (κ1) is 11.5. The molecule has 0 spiro atoms. The van der Waals surface area contributed by atoms with Crippen LogP contribution in [0.4, 0.5) is 9.52 Å². The molecule has 0 bridgehead atoms. The van der Waals surface area contributed by atoms with Gasteiger partial charge < -0.3 is 10.5 Å². The molecule has 4 nitrogen and oxygen atoms in total. The van der Waals surface area contributed by atoms with Crippen molar-refractivity contribution in [3.63, 3.8) is 0 Å². The second kappa shape index (κ2) is 4.50. The van der Waals surface area contributed by atoms with Crippen molar-refractivity contribution < 1.29 is 13.9 Å². The lowest BCUT2D eigenvalue weighted by molar-refractivity contribution is 0.0596. The van der Waals surface area contributed by atoms with Crippen molar-refractivity contribution in [1.82, 2.24) is 4.98 Å². The van der Waals surface area contributed by atoms with Crippen LogP contribution in [-0.2, 0) is 4.74 Å². The zero-order chi connectivity index (χ0) is 12.4. The highest BCUT2D eigenvalue weighted by atomic mass is 32.1. The second-order valence-electron chi connectivity index (χ2n) is 3.23. The Kier molecular flexibility index (Phi) is 3.06. The molecular weight excluding hydrogens is 243 g/mol. The molecule has 1 heterocycles. The Hall–Kier alpha value is -1.95. The molecule has 2 N–H and O–H groups in total. The Bertz CT molecular complexity index is 551. The van der Waals surface area contributed by atoms with Crippen LogP contribution in [0, 0.1) is 5.82 Å². The molecule has 0 aliphatic rings. The maximum absolute atomic E-state index is 12.8. The minimum Gasteiger partial charge on any atom is -0.464 e. The molecule has 1 aromatic carbocycles. The summed E-state index contributed by atoms with van der Waals surface area (Å²) in [6, 6.07) is 5.75. The van der Waals surface area contributed by atoms with E-state index in [-0.39, 0.29) is 16.6 Å². The van der Waals surface area contributed by atoms with Crippen molar-refractivity contribution in [2.24, 2.45) is 0 Å². The van der Waals surface area contributed by atoms with Crippen LogP contribution in [0.2, 0.25) is 0 Å². The topological polar surface area (TPSA) is 65.2 Å². The van der Waals surface area contributed by atoms with E-state index in [1.807, 2.05) is 0 Å². The molecule has 0 aliphatic carbocycles. The number of nitrogens with zero attached hydrogens (tertiary/aromatic N) is 1. The molecule has 0 aliphatic heterocycles. The number of benzene rings is 1. The number of anilines is 1. The summed E-state index contributed by atoms with van der Waals surface area (Å²) in [4.78, 5) is 16.0. The van der Waals surface area contributed by atoms with Crippen molar-refractivity contribution in [1.29, 1.82) is 0 Å². The van der Waals surface area contributed by atoms with Crippen LogP contribution in [0.5, 0.6) is 0 Å². The highest BCUT2D eigenvalue weighted by molar-refractivity contribution is 7.19. The number of aromatic nitrogens is 1. The van der Waals surface area contributed by atoms with Gasteiger partial charge in [-0.25, -0.2) is 14.2 Å². The fourth-order valence-corrected chi connectivity index (χ4v) is 2.19. The number of esters is 1. The number of halogens is 1. The van der Waals surface area contributed by atoms with Crippen molar-refractivity contribution in [2.75, 3.05) is 12.8 Å². The SMILES string of the molecule is COC(=O)c1nc(N)sc1-c1ccc(F)cc1. The van der Waals surface area contributed by atoms with Crippen LogP contribution < -0.4 is 5.73 Å². The van der Waals surface area contributed by atoms with Gasteiger partial charge in [-0.15, -0.1) is 0 Å². The van der Waals surface area contributed by atoms with Gasteiger partial charge in [0, 0.05) is 0 Å². The smallest absolute Gasteiger partial charge is 0.358 e. The number of carbonyl (C=O) groups is 1. The Morgan fingerprint density at radius 3 is 2.65 bits per heavy atom. The lowest BCUT2D eigenvalue weighted by Gasteiger charge is -2.00. The lowest BCUT2D eigenvalue weighted by Crippen LogP contribution is -2.03. The fourth-order valence-electron chi connectivity index (χ4n) is 1.37. The number of rotatable bonds is 2. The molecule has 0 fully saturated rings. The van der Waals surface area contributed by atoms with E-state index in [1.165, 1.54) is 19.2 Å². The van der Waals surface area contributed by atoms with E-state index in [1.54, 1.807) is 12.1 Å². The number of hydrogen-bond acceptors (Lipinski definition) is 5. The average molecular weight is 252 g/mol. The molecular formula is C11H9FN2O2S. The van der Waals surface area contributed by atoms with Crippen LogP contribution in [0.1, 0.15) is 10.5 Å². The molecule has 17 heavy (non-hydrogen) atoms. The van der Waals surface area contributed by atoms with Crippen LogP contribution in [0.3, 0.4) is 0 Å². The predicted octanol–water partition coefficient (Wildman–Crippen LogP) is 2.32. The van der Waals surface area contributed by atoms with Gasteiger partial charge in [0.05, 0.1) is 12.0 Å². The highest BCUT2D eigenvalue weighted by Crippen LogP contribution is 2.32. The summed E-state index contributed by atoms with van der Waals surface area (Å²) in [6.07, 6.45) is 0. The third-order valence-corrected chi connectivity index (χ3v) is 3.06. The van der Waals surface area contributed by atoms with Gasteiger partial charge in [0.1, 0.15) is 5.82 Å². The molecule has 0 saturated heterocycles. The van der Waals surface area contributed by atoms with Gasteiger partial charge in [-0.1, -0.05) is 23.5 Å². The number of nitrogens with two attached hydrogens (primary N) is 1. The van der Waals surface area contributed by atoms with E-state index >= 15 is 0 Å². The zero-order valence-corrected chi connectivity index (χ0v) is 9.75. The van der Waals surface area contributed by atoms with Crippen molar-refractivity contribution >= 4 is 22.4 Å². The minimum absolute atomic E-state index is 0.154. The van der Waals surface area contributed by atoms with Crippen molar-refractivity contribution in [3.05, 3.63) is 35.8 Å². The maximum Gasteiger partial charge on any atom is 0.358 e. The maximum atomic E-state index is 12.8. The number of hydrogen-bond donors (Lipinski definition) is 1. The van der Waals surface area contributed by atoms with Gasteiger partial charge >= 0.3 is 5.97 Å². The number of carbonyl (C=O) groups excluding carboxylic acids is 1. The first-order valence-electron chi connectivity index (χ1n) is 4.72. The Morgan fingerprint density at radius 1 is 1.41 bits per heavy atom. The number of methoxy groups -OCH3 is 1. The summed E-state index contributed by atoms with van der Waals surface area (Å²) in [7, 11) is 1.27. The number of nitrogen functional groups attached to an aromatic ring is 1. The van der Waals surface area contributed by atoms with Crippen molar-refractivity contribution in [2.45, 2.75) is 0 Å². The molecule has 0 radical (unpaired) electrons. The zero-order valence-electron chi connectivity index (χ0n) is 8.94. The van der Waals surface area contributed by atoms with E-state index < -0.39 is 5.97 Å². The predicted molar refractivity (Wildman–Crippen MR) is 63.3 cm³/mol. The van der Waals surface area contributed by atoms with Crippen LogP contribution >= 0.6 is 11.3 Å². The minimum atomic E-state index is -0.558. The first-order valence-corrected chi connectivity index (χ1v) is 5.54. The van der Waals surface area contributed by atoms with E-state index in [4.69, 9.17) is 5.73 Å². The van der Waals surface area contributed by atoms with Crippen LogP contribution in [-0.4, -0.2) is 18.1 Å². The van der Waals surface area contributed by atoms with E-state index in [0.717, 1.165) is 11.3 Å². The van der Waals surface area contributed by atoms with Crippen molar-refractivity contribution in [3.8, 4) is 10.4 Å².